The van der Waals surface area contributed by atoms with Crippen molar-refractivity contribution in [3.8, 4) is 0 Å². The Kier molecular flexibility index (Phi) is 4.97. The second-order valence-electron chi connectivity index (χ2n) is 6.83. The lowest BCUT2D eigenvalue weighted by Crippen LogP contribution is -2.26. The second-order valence-corrected chi connectivity index (χ2v) is 6.83. The van der Waals surface area contributed by atoms with E-state index in [0.29, 0.717) is 17.8 Å². The molecule has 1 saturated heterocycles. The van der Waals surface area contributed by atoms with Crippen LogP contribution < -0.4 is 5.32 Å². The van der Waals surface area contributed by atoms with Crippen LogP contribution >= 0.6 is 0 Å². The summed E-state index contributed by atoms with van der Waals surface area (Å²) in [5.74, 6) is -0.0416. The summed E-state index contributed by atoms with van der Waals surface area (Å²) in [5.41, 5.74) is 3.87. The summed E-state index contributed by atoms with van der Waals surface area (Å²) in [5, 5.41) is 7.96. The van der Waals surface area contributed by atoms with Crippen LogP contribution in [0, 0.1) is 0 Å². The van der Waals surface area contributed by atoms with E-state index in [2.05, 4.69) is 33.6 Å². The third-order valence-electron chi connectivity index (χ3n) is 4.97. The Bertz CT molecular complexity index is 897. The first-order valence-electron chi connectivity index (χ1n) is 9.19. The molecule has 0 saturated carbocycles. The summed E-state index contributed by atoms with van der Waals surface area (Å²) < 4.78 is 5.27. The van der Waals surface area contributed by atoms with Gasteiger partial charge in [0.2, 0.25) is 5.91 Å². The van der Waals surface area contributed by atoms with Crippen LogP contribution in [0.3, 0.4) is 0 Å². The van der Waals surface area contributed by atoms with E-state index in [9.17, 15) is 4.79 Å². The zero-order valence-electron chi connectivity index (χ0n) is 14.8. The number of benzene rings is 2. The Morgan fingerprint density at radius 1 is 1.04 bits per heavy atom. The van der Waals surface area contributed by atoms with Crippen LogP contribution in [0.2, 0.25) is 0 Å². The Hall–Kier alpha value is -2.66. The van der Waals surface area contributed by atoms with Crippen LogP contribution in [0.1, 0.15) is 29.7 Å². The van der Waals surface area contributed by atoms with E-state index in [4.69, 9.17) is 4.52 Å². The molecule has 1 aliphatic heterocycles. The van der Waals surface area contributed by atoms with Gasteiger partial charge in [-0.25, -0.2) is 0 Å². The highest BCUT2D eigenvalue weighted by atomic mass is 16.5. The molecule has 1 aliphatic rings. The van der Waals surface area contributed by atoms with Gasteiger partial charge in [-0.1, -0.05) is 41.6 Å². The van der Waals surface area contributed by atoms with Crippen LogP contribution in [0.15, 0.2) is 53.1 Å². The first-order chi connectivity index (χ1) is 12.8. The van der Waals surface area contributed by atoms with Crippen LogP contribution in [0.4, 0.5) is 0 Å². The SMILES string of the molecule is O=C(Cc1noc2ccccc12)NCc1ccccc1CN1CCCC1. The third-order valence-corrected chi connectivity index (χ3v) is 4.97. The average Bonchev–Trinajstić information content (AvgIpc) is 3.31. The Balaban J connectivity index is 1.38. The van der Waals surface area contributed by atoms with Crippen molar-refractivity contribution in [2.45, 2.75) is 32.4 Å². The van der Waals surface area contributed by atoms with Gasteiger partial charge in [0.25, 0.3) is 0 Å². The minimum atomic E-state index is -0.0416. The van der Waals surface area contributed by atoms with E-state index in [1.165, 1.54) is 37.1 Å². The van der Waals surface area contributed by atoms with Gasteiger partial charge in [-0.15, -0.1) is 0 Å². The number of carbonyl (C=O) groups excluding carboxylic acids is 1. The average molecular weight is 349 g/mol. The molecular weight excluding hydrogens is 326 g/mol. The molecule has 26 heavy (non-hydrogen) atoms. The number of amides is 1. The standard InChI is InChI=1S/C21H23N3O2/c25-21(13-19-18-9-3-4-10-20(18)26-23-19)22-14-16-7-1-2-8-17(16)15-24-11-5-6-12-24/h1-4,7-10H,5-6,11-15H2,(H,22,25). The zero-order valence-corrected chi connectivity index (χ0v) is 14.8. The molecule has 0 aliphatic carbocycles. The van der Waals surface area contributed by atoms with Gasteiger partial charge in [-0.05, 0) is 49.2 Å². The summed E-state index contributed by atoms with van der Waals surface area (Å²) in [7, 11) is 0. The number of carbonyl (C=O) groups is 1. The summed E-state index contributed by atoms with van der Waals surface area (Å²) >= 11 is 0. The van der Waals surface area contributed by atoms with Crippen LogP contribution in [-0.2, 0) is 24.3 Å². The van der Waals surface area contributed by atoms with Crippen LogP contribution in [0.25, 0.3) is 11.0 Å². The fraction of sp³-hybridized carbons (Fsp3) is 0.333. The van der Waals surface area contributed by atoms with Gasteiger partial charge < -0.3 is 9.84 Å². The zero-order chi connectivity index (χ0) is 17.8. The largest absolute Gasteiger partial charge is 0.356 e. The maximum atomic E-state index is 12.4. The smallest absolute Gasteiger partial charge is 0.226 e. The molecule has 1 aromatic heterocycles. The van der Waals surface area contributed by atoms with E-state index in [0.717, 1.165) is 11.9 Å². The predicted octanol–water partition coefficient (Wildman–Crippen LogP) is 3.28. The van der Waals surface area contributed by atoms with Gasteiger partial charge in [0.1, 0.15) is 5.69 Å². The summed E-state index contributed by atoms with van der Waals surface area (Å²) in [4.78, 5) is 14.9. The van der Waals surface area contributed by atoms with Gasteiger partial charge >= 0.3 is 0 Å². The molecule has 0 spiro atoms. The van der Waals surface area contributed by atoms with E-state index < -0.39 is 0 Å². The lowest BCUT2D eigenvalue weighted by Gasteiger charge is -2.17. The topological polar surface area (TPSA) is 58.4 Å². The van der Waals surface area contributed by atoms with Crippen LogP contribution in [0.5, 0.6) is 0 Å². The maximum absolute atomic E-state index is 12.4. The lowest BCUT2D eigenvalue weighted by atomic mass is 10.1. The number of nitrogens with zero attached hydrogens (tertiary/aromatic N) is 2. The van der Waals surface area contributed by atoms with E-state index in [-0.39, 0.29) is 12.3 Å². The van der Waals surface area contributed by atoms with Crippen molar-refractivity contribution in [3.63, 3.8) is 0 Å². The normalized spacial score (nSPS) is 14.8. The first-order valence-corrected chi connectivity index (χ1v) is 9.19. The van der Waals surface area contributed by atoms with Gasteiger partial charge in [-0.3, -0.25) is 9.69 Å². The molecule has 2 aromatic carbocycles. The quantitative estimate of drug-likeness (QED) is 0.742. The molecule has 0 atom stereocenters. The highest BCUT2D eigenvalue weighted by Gasteiger charge is 2.15. The molecule has 134 valence electrons. The van der Waals surface area contributed by atoms with Crippen molar-refractivity contribution < 1.29 is 9.32 Å². The van der Waals surface area contributed by atoms with Crippen LogP contribution in [-0.4, -0.2) is 29.1 Å². The Morgan fingerprint density at radius 2 is 1.77 bits per heavy atom. The second kappa shape index (κ2) is 7.70. The minimum absolute atomic E-state index is 0.0416. The molecule has 0 radical (unpaired) electrons. The number of hydrogen-bond donors (Lipinski definition) is 1. The molecule has 5 heteroatoms. The molecule has 2 heterocycles. The highest BCUT2D eigenvalue weighted by Crippen LogP contribution is 2.19. The van der Waals surface area contributed by atoms with Crippen molar-refractivity contribution in [1.29, 1.82) is 0 Å². The molecule has 4 rings (SSSR count). The van der Waals surface area contributed by atoms with Crippen molar-refractivity contribution in [1.82, 2.24) is 15.4 Å². The van der Waals surface area contributed by atoms with Crippen molar-refractivity contribution >= 4 is 16.9 Å². The summed E-state index contributed by atoms with van der Waals surface area (Å²) in [6, 6.07) is 16.0. The minimum Gasteiger partial charge on any atom is -0.356 e. The molecule has 5 nitrogen and oxygen atoms in total. The Labute approximate surface area is 153 Å². The number of nitrogens with one attached hydrogen (secondary N) is 1. The highest BCUT2D eigenvalue weighted by molar-refractivity contribution is 5.86. The maximum Gasteiger partial charge on any atom is 0.226 e. The monoisotopic (exact) mass is 349 g/mol. The predicted molar refractivity (Wildman–Crippen MR) is 101 cm³/mol. The van der Waals surface area contributed by atoms with Gasteiger partial charge in [0.05, 0.1) is 6.42 Å². The molecule has 1 N–H and O–H groups in total. The number of rotatable bonds is 6. The molecule has 3 aromatic rings. The number of para-hydroxylation sites is 1. The molecule has 0 bridgehead atoms. The van der Waals surface area contributed by atoms with Crippen molar-refractivity contribution in [2.75, 3.05) is 13.1 Å². The summed E-state index contributed by atoms with van der Waals surface area (Å²) in [6.45, 7) is 3.83. The summed E-state index contributed by atoms with van der Waals surface area (Å²) in [6.07, 6.45) is 2.79. The lowest BCUT2D eigenvalue weighted by molar-refractivity contribution is -0.120. The molecule has 1 amide bonds. The number of aromatic nitrogens is 1. The van der Waals surface area contributed by atoms with Gasteiger partial charge in [-0.2, -0.15) is 0 Å². The molecule has 0 unspecified atom stereocenters. The fourth-order valence-corrected chi connectivity index (χ4v) is 3.54. The number of likely N-dealkylation sites (tertiary alicyclic amines) is 1. The van der Waals surface area contributed by atoms with Crippen molar-refractivity contribution in [2.24, 2.45) is 0 Å². The number of fused-ring (bicyclic) bond motifs is 1. The van der Waals surface area contributed by atoms with E-state index in [1.807, 2.05) is 30.3 Å². The number of hydrogen-bond acceptors (Lipinski definition) is 4. The molecule has 1 fully saturated rings. The third kappa shape index (κ3) is 3.78. The van der Waals surface area contributed by atoms with Gasteiger partial charge in [0, 0.05) is 18.5 Å². The Morgan fingerprint density at radius 3 is 2.62 bits per heavy atom. The fourth-order valence-electron chi connectivity index (χ4n) is 3.54. The molecular formula is C21H23N3O2. The van der Waals surface area contributed by atoms with E-state index in [1.54, 1.807) is 0 Å². The van der Waals surface area contributed by atoms with Gasteiger partial charge in [0.15, 0.2) is 5.58 Å². The first kappa shape index (κ1) is 16.8. The van der Waals surface area contributed by atoms with Crippen molar-refractivity contribution in [3.05, 3.63) is 65.4 Å². The van der Waals surface area contributed by atoms with E-state index >= 15 is 0 Å².